The number of fused-ring (bicyclic) bond motifs is 3. The number of aromatic nitrogens is 1. The summed E-state index contributed by atoms with van der Waals surface area (Å²) in [5.74, 6) is 0.749. The number of hydrogen-bond donors (Lipinski definition) is 0. The average Bonchev–Trinajstić information content (AvgIpc) is 3.27. The van der Waals surface area contributed by atoms with Crippen molar-refractivity contribution >= 4 is 51.0 Å². The van der Waals surface area contributed by atoms with Gasteiger partial charge in [-0.3, -0.25) is 14.4 Å². The van der Waals surface area contributed by atoms with Crippen LogP contribution in [0.25, 0.3) is 21.8 Å². The molecule has 2 aromatic carbocycles. The standard InChI is InChI=1S/C33H36N2O6/c1-4-35-28-8-5-23(31(38)27(34-41-19(2)36)7-10-30(37)40-3)14-25(28)26-15-24(6-9-29(26)35)32(39)33-16-20-11-21(17-33)13-22(12-20)18-33/h5-6,8-9,14-15,20-22H,4,7,10-13,16-18H2,1-3H3/b34-27-. The van der Waals surface area contributed by atoms with Gasteiger partial charge in [0.05, 0.1) is 13.5 Å². The fourth-order valence-corrected chi connectivity index (χ4v) is 8.23. The molecule has 4 aliphatic rings. The Kier molecular flexibility index (Phi) is 7.04. The van der Waals surface area contributed by atoms with Crippen LogP contribution in [0.2, 0.25) is 0 Å². The van der Waals surface area contributed by atoms with Crippen LogP contribution in [-0.4, -0.2) is 40.9 Å². The van der Waals surface area contributed by atoms with Crippen LogP contribution in [0, 0.1) is 23.2 Å². The van der Waals surface area contributed by atoms with Crippen LogP contribution in [0.15, 0.2) is 41.6 Å². The van der Waals surface area contributed by atoms with Crippen molar-refractivity contribution < 1.29 is 28.8 Å². The minimum absolute atomic E-state index is 0.0305. The van der Waals surface area contributed by atoms with Crippen LogP contribution >= 0.6 is 0 Å². The number of aryl methyl sites for hydroxylation is 1. The summed E-state index contributed by atoms with van der Waals surface area (Å²) in [6.07, 6.45) is 6.80. The first-order chi connectivity index (χ1) is 19.7. The van der Waals surface area contributed by atoms with E-state index >= 15 is 0 Å². The predicted molar refractivity (Wildman–Crippen MR) is 155 cm³/mol. The van der Waals surface area contributed by atoms with Crippen molar-refractivity contribution in [2.45, 2.75) is 71.8 Å². The second-order valence-electron chi connectivity index (χ2n) is 12.3. The Morgan fingerprint density at radius 1 is 0.878 bits per heavy atom. The SMILES string of the molecule is CCn1c2ccc(C(=O)/C(CCC(=O)OC)=N\OC(C)=O)cc2c2cc(C(=O)C34CC5CC(CC(C5)C3)C4)ccc21. The number of ketones is 2. The van der Waals surface area contributed by atoms with Gasteiger partial charge in [-0.25, -0.2) is 4.79 Å². The first kappa shape index (κ1) is 27.4. The van der Waals surface area contributed by atoms with Crippen LogP contribution in [0.4, 0.5) is 0 Å². The fraction of sp³-hybridized carbons (Fsp3) is 0.485. The molecule has 0 spiro atoms. The highest BCUT2D eigenvalue weighted by molar-refractivity contribution is 6.46. The molecular weight excluding hydrogens is 520 g/mol. The number of benzene rings is 2. The molecule has 1 heterocycles. The topological polar surface area (TPSA) is 104 Å². The van der Waals surface area contributed by atoms with E-state index in [0.717, 1.165) is 53.2 Å². The number of ether oxygens (including phenoxy) is 1. The predicted octanol–water partition coefficient (Wildman–Crippen LogP) is 6.27. The van der Waals surface area contributed by atoms with Crippen LogP contribution in [-0.2, 0) is 25.7 Å². The molecule has 41 heavy (non-hydrogen) atoms. The van der Waals surface area contributed by atoms with Crippen LogP contribution < -0.4 is 0 Å². The number of esters is 1. The van der Waals surface area contributed by atoms with E-state index in [0.29, 0.717) is 23.3 Å². The van der Waals surface area contributed by atoms with E-state index in [9.17, 15) is 19.2 Å². The number of oxime groups is 1. The second kappa shape index (κ2) is 10.5. The molecule has 214 valence electrons. The molecular formula is C33H36N2O6. The van der Waals surface area contributed by atoms with Crippen molar-refractivity contribution in [2.24, 2.45) is 28.3 Å². The summed E-state index contributed by atoms with van der Waals surface area (Å²) in [5.41, 5.74) is 2.82. The number of methoxy groups -OCH3 is 1. The maximum Gasteiger partial charge on any atom is 0.331 e. The molecule has 0 unspecified atom stereocenters. The van der Waals surface area contributed by atoms with Gasteiger partial charge in [0.25, 0.3) is 0 Å². The maximum absolute atomic E-state index is 14.1. The second-order valence-corrected chi connectivity index (χ2v) is 12.3. The van der Waals surface area contributed by atoms with Crippen molar-refractivity contribution in [3.05, 3.63) is 47.5 Å². The van der Waals surface area contributed by atoms with Gasteiger partial charge in [0.1, 0.15) is 5.71 Å². The Morgan fingerprint density at radius 3 is 1.98 bits per heavy atom. The molecule has 4 fully saturated rings. The monoisotopic (exact) mass is 556 g/mol. The maximum atomic E-state index is 14.1. The summed E-state index contributed by atoms with van der Waals surface area (Å²) in [6, 6.07) is 11.5. The van der Waals surface area contributed by atoms with Gasteiger partial charge in [-0.1, -0.05) is 5.16 Å². The molecule has 0 amide bonds. The minimum Gasteiger partial charge on any atom is -0.469 e. The molecule has 1 aromatic heterocycles. The quantitative estimate of drug-likeness (QED) is 0.101. The number of nitrogens with zero attached hydrogens (tertiary/aromatic N) is 2. The zero-order chi connectivity index (χ0) is 28.9. The number of hydrogen-bond acceptors (Lipinski definition) is 7. The van der Waals surface area contributed by atoms with Gasteiger partial charge >= 0.3 is 11.9 Å². The highest BCUT2D eigenvalue weighted by atomic mass is 16.7. The third-order valence-electron chi connectivity index (χ3n) is 9.57. The highest BCUT2D eigenvalue weighted by Gasteiger charge is 2.54. The highest BCUT2D eigenvalue weighted by Crippen LogP contribution is 2.61. The summed E-state index contributed by atoms with van der Waals surface area (Å²) in [5, 5.41) is 5.56. The largest absolute Gasteiger partial charge is 0.469 e. The zero-order valence-corrected chi connectivity index (χ0v) is 23.9. The van der Waals surface area contributed by atoms with E-state index in [4.69, 9.17) is 9.57 Å². The summed E-state index contributed by atoms with van der Waals surface area (Å²) in [7, 11) is 1.27. The van der Waals surface area contributed by atoms with E-state index in [1.54, 1.807) is 6.07 Å². The third-order valence-corrected chi connectivity index (χ3v) is 9.57. The van der Waals surface area contributed by atoms with Gasteiger partial charge in [0.15, 0.2) is 5.78 Å². The first-order valence-corrected chi connectivity index (χ1v) is 14.7. The molecule has 4 bridgehead atoms. The van der Waals surface area contributed by atoms with E-state index in [2.05, 4.69) is 16.6 Å². The molecule has 0 atom stereocenters. The van der Waals surface area contributed by atoms with Gasteiger partial charge in [-0.2, -0.15) is 0 Å². The van der Waals surface area contributed by atoms with Gasteiger partial charge in [-0.05, 0) is 99.6 Å². The van der Waals surface area contributed by atoms with Crippen molar-refractivity contribution in [2.75, 3.05) is 7.11 Å². The van der Waals surface area contributed by atoms with Gasteiger partial charge in [0, 0.05) is 58.2 Å². The molecule has 7 rings (SSSR count). The lowest BCUT2D eigenvalue weighted by Crippen LogP contribution is -2.50. The lowest BCUT2D eigenvalue weighted by molar-refractivity contribution is -0.141. The van der Waals surface area contributed by atoms with Crippen LogP contribution in [0.5, 0.6) is 0 Å². The molecule has 4 saturated carbocycles. The lowest BCUT2D eigenvalue weighted by Gasteiger charge is -2.56. The number of Topliss-reactive ketones (excluding diaryl/α,β-unsaturated/α-hetero) is 2. The molecule has 8 nitrogen and oxygen atoms in total. The van der Waals surface area contributed by atoms with E-state index in [1.165, 1.54) is 33.3 Å². The Labute approximate surface area is 239 Å². The van der Waals surface area contributed by atoms with Crippen LogP contribution in [0.1, 0.15) is 85.9 Å². The number of carbonyl (C=O) groups excluding carboxylic acids is 4. The number of rotatable bonds is 9. The Morgan fingerprint density at radius 2 is 1.44 bits per heavy atom. The normalized spacial score (nSPS) is 25.0. The van der Waals surface area contributed by atoms with Crippen LogP contribution in [0.3, 0.4) is 0 Å². The molecule has 4 aliphatic carbocycles. The van der Waals surface area contributed by atoms with Crippen molar-refractivity contribution in [3.63, 3.8) is 0 Å². The molecule has 0 aliphatic heterocycles. The van der Waals surface area contributed by atoms with Crippen molar-refractivity contribution in [3.8, 4) is 0 Å². The lowest BCUT2D eigenvalue weighted by atomic mass is 9.48. The summed E-state index contributed by atoms with van der Waals surface area (Å²) >= 11 is 0. The third kappa shape index (κ3) is 4.87. The number of carbonyl (C=O) groups is 4. The van der Waals surface area contributed by atoms with E-state index in [-0.39, 0.29) is 29.8 Å². The summed E-state index contributed by atoms with van der Waals surface area (Å²) in [4.78, 5) is 55.5. The molecule has 8 heteroatoms. The van der Waals surface area contributed by atoms with E-state index in [1.807, 2.05) is 30.3 Å². The van der Waals surface area contributed by atoms with Gasteiger partial charge in [0.2, 0.25) is 5.78 Å². The Hall–Kier alpha value is -3.81. The van der Waals surface area contributed by atoms with Crippen molar-refractivity contribution in [1.82, 2.24) is 4.57 Å². The fourth-order valence-electron chi connectivity index (χ4n) is 8.23. The van der Waals surface area contributed by atoms with E-state index < -0.39 is 17.7 Å². The Bertz CT molecular complexity index is 1580. The summed E-state index contributed by atoms with van der Waals surface area (Å²) < 4.78 is 6.88. The molecule has 0 radical (unpaired) electrons. The van der Waals surface area contributed by atoms with Gasteiger partial charge < -0.3 is 14.1 Å². The Balaban J connectivity index is 1.38. The smallest absolute Gasteiger partial charge is 0.331 e. The molecule has 0 saturated heterocycles. The minimum atomic E-state index is -0.661. The molecule has 3 aromatic rings. The summed E-state index contributed by atoms with van der Waals surface area (Å²) in [6.45, 7) is 4.00. The van der Waals surface area contributed by atoms with Crippen molar-refractivity contribution in [1.29, 1.82) is 0 Å². The molecule has 0 N–H and O–H groups in total. The van der Waals surface area contributed by atoms with Gasteiger partial charge in [-0.15, -0.1) is 0 Å². The first-order valence-electron chi connectivity index (χ1n) is 14.7. The zero-order valence-electron chi connectivity index (χ0n) is 23.9. The average molecular weight is 557 g/mol.